The summed E-state index contributed by atoms with van der Waals surface area (Å²) in [6.45, 7) is 0. The summed E-state index contributed by atoms with van der Waals surface area (Å²) < 4.78 is 4.57. The van der Waals surface area contributed by atoms with Crippen molar-refractivity contribution in [2.24, 2.45) is 5.41 Å². The Morgan fingerprint density at radius 1 is 1.38 bits per heavy atom. The number of ether oxygens (including phenoxy) is 1. The average molecular weight is 220 g/mol. The Bertz CT molecular complexity index is 426. The van der Waals surface area contributed by atoms with Crippen molar-refractivity contribution < 1.29 is 19.4 Å². The number of benzene rings is 1. The third kappa shape index (κ3) is 1.38. The van der Waals surface area contributed by atoms with Gasteiger partial charge in [0, 0.05) is 5.92 Å². The molecule has 1 aromatic rings. The van der Waals surface area contributed by atoms with Gasteiger partial charge >= 0.3 is 11.9 Å². The third-order valence-corrected chi connectivity index (χ3v) is 3.09. The molecule has 0 aliphatic heterocycles. The molecule has 0 unspecified atom stereocenters. The van der Waals surface area contributed by atoms with Gasteiger partial charge in [-0.3, -0.25) is 9.59 Å². The number of rotatable bonds is 3. The van der Waals surface area contributed by atoms with Crippen molar-refractivity contribution in [2.75, 3.05) is 7.11 Å². The zero-order valence-electron chi connectivity index (χ0n) is 8.84. The lowest BCUT2D eigenvalue weighted by molar-refractivity contribution is -0.159. The lowest BCUT2D eigenvalue weighted by Gasteiger charge is -2.09. The zero-order chi connectivity index (χ0) is 11.8. The first-order valence-electron chi connectivity index (χ1n) is 4.99. The molecule has 1 N–H and O–H groups in total. The van der Waals surface area contributed by atoms with E-state index >= 15 is 0 Å². The molecule has 1 fully saturated rings. The molecule has 1 aromatic carbocycles. The van der Waals surface area contributed by atoms with E-state index in [1.165, 1.54) is 7.11 Å². The highest BCUT2D eigenvalue weighted by molar-refractivity contribution is 6.04. The number of hydrogen-bond acceptors (Lipinski definition) is 3. The van der Waals surface area contributed by atoms with E-state index in [9.17, 15) is 9.59 Å². The first-order valence-corrected chi connectivity index (χ1v) is 4.99. The number of carboxylic acids is 1. The van der Waals surface area contributed by atoms with Gasteiger partial charge in [0.25, 0.3) is 0 Å². The second kappa shape index (κ2) is 3.63. The molecule has 0 saturated heterocycles. The van der Waals surface area contributed by atoms with Crippen molar-refractivity contribution in [1.82, 2.24) is 0 Å². The lowest BCUT2D eigenvalue weighted by atomic mass is 9.99. The Hall–Kier alpha value is -1.84. The Balaban J connectivity index is 2.30. The predicted molar refractivity (Wildman–Crippen MR) is 55.9 cm³/mol. The molecule has 0 aromatic heterocycles. The maximum atomic E-state index is 11.5. The van der Waals surface area contributed by atoms with Gasteiger partial charge in [-0.15, -0.1) is 0 Å². The van der Waals surface area contributed by atoms with Crippen molar-refractivity contribution >= 4 is 11.9 Å². The smallest absolute Gasteiger partial charge is 0.323 e. The predicted octanol–water partition coefficient (Wildman–Crippen LogP) is 1.42. The van der Waals surface area contributed by atoms with Crippen LogP contribution < -0.4 is 0 Å². The minimum absolute atomic E-state index is 0.265. The van der Waals surface area contributed by atoms with Crippen LogP contribution in [0.15, 0.2) is 30.3 Å². The van der Waals surface area contributed by atoms with Gasteiger partial charge in [0.1, 0.15) is 0 Å². The second-order valence-electron chi connectivity index (χ2n) is 3.94. The van der Waals surface area contributed by atoms with E-state index in [0.717, 1.165) is 5.56 Å². The number of carboxylic acid groups (broad SMARTS) is 1. The van der Waals surface area contributed by atoms with Crippen molar-refractivity contribution in [3.63, 3.8) is 0 Å². The van der Waals surface area contributed by atoms with Crippen LogP contribution in [-0.4, -0.2) is 24.2 Å². The highest BCUT2D eigenvalue weighted by Gasteiger charge is 2.67. The zero-order valence-corrected chi connectivity index (χ0v) is 8.84. The van der Waals surface area contributed by atoms with E-state index in [1.807, 2.05) is 30.3 Å². The lowest BCUT2D eigenvalue weighted by Crippen LogP contribution is -2.28. The first kappa shape index (κ1) is 10.7. The largest absolute Gasteiger partial charge is 0.480 e. The Morgan fingerprint density at radius 3 is 2.50 bits per heavy atom. The fraction of sp³-hybridized carbons (Fsp3) is 0.333. The summed E-state index contributed by atoms with van der Waals surface area (Å²) in [5.74, 6) is -2.03. The van der Waals surface area contributed by atoms with Crippen LogP contribution in [0.2, 0.25) is 0 Å². The minimum Gasteiger partial charge on any atom is -0.480 e. The molecule has 0 spiro atoms. The molecule has 1 saturated carbocycles. The Labute approximate surface area is 92.8 Å². The maximum absolute atomic E-state index is 11.5. The first-order chi connectivity index (χ1) is 7.63. The second-order valence-corrected chi connectivity index (χ2v) is 3.94. The topological polar surface area (TPSA) is 63.6 Å². The Kier molecular flexibility index (Phi) is 2.42. The highest BCUT2D eigenvalue weighted by atomic mass is 16.5. The molecule has 16 heavy (non-hydrogen) atoms. The number of methoxy groups -OCH3 is 1. The molecule has 0 amide bonds. The van der Waals surface area contributed by atoms with E-state index in [-0.39, 0.29) is 5.92 Å². The number of hydrogen-bond donors (Lipinski definition) is 1. The van der Waals surface area contributed by atoms with Gasteiger partial charge in [-0.25, -0.2) is 0 Å². The van der Waals surface area contributed by atoms with Crippen molar-refractivity contribution in [3.8, 4) is 0 Å². The molecular weight excluding hydrogens is 208 g/mol. The quantitative estimate of drug-likeness (QED) is 0.618. The summed E-state index contributed by atoms with van der Waals surface area (Å²) in [7, 11) is 1.22. The molecule has 2 rings (SSSR count). The van der Waals surface area contributed by atoms with E-state index in [4.69, 9.17) is 5.11 Å². The van der Waals surface area contributed by atoms with Crippen molar-refractivity contribution in [2.45, 2.75) is 12.3 Å². The number of carbonyl (C=O) groups excluding carboxylic acids is 1. The summed E-state index contributed by atoms with van der Waals surface area (Å²) in [4.78, 5) is 22.7. The van der Waals surface area contributed by atoms with Crippen LogP contribution in [0.1, 0.15) is 17.9 Å². The van der Waals surface area contributed by atoms with E-state index < -0.39 is 17.4 Å². The molecule has 2 atom stereocenters. The fourth-order valence-electron chi connectivity index (χ4n) is 2.08. The summed E-state index contributed by atoms with van der Waals surface area (Å²) in [6, 6.07) is 9.18. The fourth-order valence-corrected chi connectivity index (χ4v) is 2.08. The maximum Gasteiger partial charge on any atom is 0.323 e. The van der Waals surface area contributed by atoms with Crippen LogP contribution in [0.3, 0.4) is 0 Å². The normalized spacial score (nSPS) is 27.2. The van der Waals surface area contributed by atoms with Gasteiger partial charge in [0.05, 0.1) is 7.11 Å². The van der Waals surface area contributed by atoms with Gasteiger partial charge < -0.3 is 9.84 Å². The van der Waals surface area contributed by atoms with E-state index in [0.29, 0.717) is 6.42 Å². The van der Waals surface area contributed by atoms with Crippen LogP contribution in [0.4, 0.5) is 0 Å². The standard InChI is InChI=1S/C12H12O4/c1-16-11(15)12(10(13)14)7-9(12)8-5-3-2-4-6-8/h2-6,9H,7H2,1H3,(H,13,14)/t9-,12+/m1/s1. The summed E-state index contributed by atoms with van der Waals surface area (Å²) in [6.07, 6.45) is 0.318. The Morgan fingerprint density at radius 2 is 2.00 bits per heavy atom. The SMILES string of the molecule is COC(=O)[C@@]1(C(=O)O)C[C@@H]1c1ccccc1. The molecule has 0 heterocycles. The monoisotopic (exact) mass is 220 g/mol. The van der Waals surface area contributed by atoms with Crippen LogP contribution in [-0.2, 0) is 14.3 Å². The van der Waals surface area contributed by atoms with Crippen LogP contribution in [0.25, 0.3) is 0 Å². The van der Waals surface area contributed by atoms with E-state index in [2.05, 4.69) is 4.74 Å². The summed E-state index contributed by atoms with van der Waals surface area (Å²) >= 11 is 0. The van der Waals surface area contributed by atoms with Gasteiger partial charge in [0.2, 0.25) is 0 Å². The molecule has 84 valence electrons. The van der Waals surface area contributed by atoms with Gasteiger partial charge in [0.15, 0.2) is 5.41 Å². The molecule has 1 aliphatic carbocycles. The number of carbonyl (C=O) groups is 2. The summed E-state index contributed by atoms with van der Waals surface area (Å²) in [5, 5.41) is 9.14. The molecule has 0 radical (unpaired) electrons. The van der Waals surface area contributed by atoms with Crippen LogP contribution in [0.5, 0.6) is 0 Å². The number of aliphatic carboxylic acids is 1. The summed E-state index contributed by atoms with van der Waals surface area (Å²) in [5.41, 5.74) is -0.494. The minimum atomic E-state index is -1.36. The average Bonchev–Trinajstić information content (AvgIpc) is 3.06. The molecular formula is C12H12O4. The van der Waals surface area contributed by atoms with Crippen molar-refractivity contribution in [3.05, 3.63) is 35.9 Å². The molecule has 4 nitrogen and oxygen atoms in total. The molecule has 1 aliphatic rings. The molecule has 4 heteroatoms. The van der Waals surface area contributed by atoms with Crippen LogP contribution in [0, 0.1) is 5.41 Å². The highest BCUT2D eigenvalue weighted by Crippen LogP contribution is 2.60. The molecule has 0 bridgehead atoms. The van der Waals surface area contributed by atoms with Crippen molar-refractivity contribution in [1.29, 1.82) is 0 Å². The van der Waals surface area contributed by atoms with Gasteiger partial charge in [-0.1, -0.05) is 30.3 Å². The van der Waals surface area contributed by atoms with Crippen LogP contribution >= 0.6 is 0 Å². The van der Waals surface area contributed by atoms with Gasteiger partial charge in [-0.2, -0.15) is 0 Å². The number of esters is 1. The third-order valence-electron chi connectivity index (χ3n) is 3.09. The van der Waals surface area contributed by atoms with Gasteiger partial charge in [-0.05, 0) is 12.0 Å². The van der Waals surface area contributed by atoms with E-state index in [1.54, 1.807) is 0 Å².